The van der Waals surface area contributed by atoms with E-state index in [4.69, 9.17) is 11.6 Å². The molecule has 20 heavy (non-hydrogen) atoms. The van der Waals surface area contributed by atoms with E-state index >= 15 is 0 Å². The van der Waals surface area contributed by atoms with Crippen molar-refractivity contribution >= 4 is 38.9 Å². The maximum Gasteiger partial charge on any atom is 0.255 e. The minimum absolute atomic E-state index is 0.182. The highest BCUT2D eigenvalue weighted by molar-refractivity contribution is 7.17. The molecule has 1 fully saturated rings. The SMILES string of the molecule is O=C(c1csc2ccccc12)N1CCCC(CCCl)C1. The molecular formula is C16H18ClNOS. The summed E-state index contributed by atoms with van der Waals surface area (Å²) in [5.74, 6) is 1.44. The van der Waals surface area contributed by atoms with Gasteiger partial charge in [-0.15, -0.1) is 22.9 Å². The van der Waals surface area contributed by atoms with Crippen LogP contribution in [0.4, 0.5) is 0 Å². The average Bonchev–Trinajstić information content (AvgIpc) is 2.91. The fourth-order valence-corrected chi connectivity index (χ4v) is 4.20. The van der Waals surface area contributed by atoms with Crippen LogP contribution in [-0.2, 0) is 0 Å². The predicted molar refractivity (Wildman–Crippen MR) is 85.8 cm³/mol. The summed E-state index contributed by atoms with van der Waals surface area (Å²) in [6.07, 6.45) is 3.30. The summed E-state index contributed by atoms with van der Waals surface area (Å²) in [4.78, 5) is 14.7. The average molecular weight is 308 g/mol. The summed E-state index contributed by atoms with van der Waals surface area (Å²) >= 11 is 7.49. The molecule has 1 aliphatic heterocycles. The molecule has 0 radical (unpaired) electrons. The van der Waals surface area contributed by atoms with Gasteiger partial charge in [0.15, 0.2) is 0 Å². The van der Waals surface area contributed by atoms with Gasteiger partial charge in [0.25, 0.3) is 5.91 Å². The lowest BCUT2D eigenvalue weighted by Crippen LogP contribution is -2.39. The van der Waals surface area contributed by atoms with Crippen LogP contribution in [0, 0.1) is 5.92 Å². The van der Waals surface area contributed by atoms with Crippen molar-refractivity contribution in [2.45, 2.75) is 19.3 Å². The van der Waals surface area contributed by atoms with E-state index in [1.807, 2.05) is 28.5 Å². The van der Waals surface area contributed by atoms with Crippen LogP contribution in [0.1, 0.15) is 29.6 Å². The van der Waals surface area contributed by atoms with Crippen LogP contribution < -0.4 is 0 Å². The van der Waals surface area contributed by atoms with Gasteiger partial charge in [-0.2, -0.15) is 0 Å². The Morgan fingerprint density at radius 1 is 1.40 bits per heavy atom. The van der Waals surface area contributed by atoms with Gasteiger partial charge >= 0.3 is 0 Å². The highest BCUT2D eigenvalue weighted by atomic mass is 35.5. The second-order valence-corrected chi connectivity index (χ2v) is 6.67. The molecule has 0 spiro atoms. The molecule has 1 amide bonds. The van der Waals surface area contributed by atoms with E-state index in [-0.39, 0.29) is 5.91 Å². The molecule has 2 heterocycles. The predicted octanol–water partition coefficient (Wildman–Crippen LogP) is 4.38. The van der Waals surface area contributed by atoms with Crippen LogP contribution in [0.25, 0.3) is 10.1 Å². The quantitative estimate of drug-likeness (QED) is 0.770. The van der Waals surface area contributed by atoms with E-state index in [9.17, 15) is 4.79 Å². The Labute approximate surface area is 128 Å². The van der Waals surface area contributed by atoms with Crippen LogP contribution in [0.5, 0.6) is 0 Å². The Balaban J connectivity index is 1.81. The third-order valence-electron chi connectivity index (χ3n) is 4.03. The molecule has 0 bridgehead atoms. The fourth-order valence-electron chi connectivity index (χ4n) is 2.95. The first kappa shape index (κ1) is 13.9. The summed E-state index contributed by atoms with van der Waals surface area (Å²) in [7, 11) is 0. The lowest BCUT2D eigenvalue weighted by atomic mass is 9.95. The Hall–Kier alpha value is -1.06. The van der Waals surface area contributed by atoms with Gasteiger partial charge in [-0.25, -0.2) is 0 Å². The molecule has 0 saturated carbocycles. The zero-order valence-corrected chi connectivity index (χ0v) is 12.9. The summed E-state index contributed by atoms with van der Waals surface area (Å²) in [6.45, 7) is 1.73. The van der Waals surface area contributed by atoms with Crippen molar-refractivity contribution in [3.8, 4) is 0 Å². The Morgan fingerprint density at radius 2 is 2.25 bits per heavy atom. The first-order chi connectivity index (χ1) is 9.79. The summed E-state index contributed by atoms with van der Waals surface area (Å²) in [5, 5.41) is 3.08. The molecule has 0 aliphatic carbocycles. The molecule has 1 saturated heterocycles. The van der Waals surface area contributed by atoms with Crippen LogP contribution in [-0.4, -0.2) is 29.8 Å². The number of amides is 1. The van der Waals surface area contributed by atoms with Gasteiger partial charge in [-0.1, -0.05) is 18.2 Å². The van der Waals surface area contributed by atoms with Crippen LogP contribution in [0.2, 0.25) is 0 Å². The van der Waals surface area contributed by atoms with E-state index in [2.05, 4.69) is 6.07 Å². The number of rotatable bonds is 3. The van der Waals surface area contributed by atoms with Gasteiger partial charge in [0.05, 0.1) is 5.56 Å². The molecule has 0 N–H and O–H groups in total. The lowest BCUT2D eigenvalue weighted by molar-refractivity contribution is 0.0674. The number of halogens is 1. The van der Waals surface area contributed by atoms with E-state index in [1.54, 1.807) is 11.3 Å². The van der Waals surface area contributed by atoms with Gasteiger partial charge < -0.3 is 4.90 Å². The first-order valence-corrected chi connectivity index (χ1v) is 8.52. The number of hydrogen-bond acceptors (Lipinski definition) is 2. The Kier molecular flexibility index (Phi) is 4.27. The number of carbonyl (C=O) groups is 1. The lowest BCUT2D eigenvalue weighted by Gasteiger charge is -2.32. The van der Waals surface area contributed by atoms with Gasteiger partial charge in [-0.3, -0.25) is 4.79 Å². The van der Waals surface area contributed by atoms with Crippen molar-refractivity contribution in [3.05, 3.63) is 35.2 Å². The summed E-state index contributed by atoms with van der Waals surface area (Å²) in [5.41, 5.74) is 0.858. The van der Waals surface area contributed by atoms with Gasteiger partial charge in [0, 0.05) is 34.4 Å². The number of benzene rings is 1. The van der Waals surface area contributed by atoms with Gasteiger partial charge in [-0.05, 0) is 31.2 Å². The maximum atomic E-state index is 12.7. The Bertz CT molecular complexity index is 607. The van der Waals surface area contributed by atoms with Gasteiger partial charge in [0.2, 0.25) is 0 Å². The molecule has 2 nitrogen and oxygen atoms in total. The first-order valence-electron chi connectivity index (χ1n) is 7.11. The van der Waals surface area contributed by atoms with Crippen molar-refractivity contribution in [2.75, 3.05) is 19.0 Å². The highest BCUT2D eigenvalue weighted by Gasteiger charge is 2.25. The standard InChI is InChI=1S/C16H18ClNOS/c17-8-7-12-4-3-9-18(10-12)16(19)14-11-20-15-6-2-1-5-13(14)15/h1-2,5-6,11-12H,3-4,7-10H2. The maximum absolute atomic E-state index is 12.7. The number of thiophene rings is 1. The number of carbonyl (C=O) groups excluding carboxylic acids is 1. The second kappa shape index (κ2) is 6.15. The third-order valence-corrected chi connectivity index (χ3v) is 5.22. The minimum Gasteiger partial charge on any atom is -0.338 e. The fraction of sp³-hybridized carbons (Fsp3) is 0.438. The smallest absolute Gasteiger partial charge is 0.255 e. The molecule has 106 valence electrons. The summed E-state index contributed by atoms with van der Waals surface area (Å²) in [6, 6.07) is 8.13. The minimum atomic E-state index is 0.182. The van der Waals surface area contributed by atoms with E-state index in [0.29, 0.717) is 11.8 Å². The number of fused-ring (bicyclic) bond motifs is 1. The largest absolute Gasteiger partial charge is 0.338 e. The monoisotopic (exact) mass is 307 g/mol. The molecule has 4 heteroatoms. The molecule has 2 aromatic rings. The molecule has 1 aromatic heterocycles. The highest BCUT2D eigenvalue weighted by Crippen LogP contribution is 2.28. The van der Waals surface area contributed by atoms with E-state index in [1.165, 1.54) is 11.1 Å². The van der Waals surface area contributed by atoms with Crippen molar-refractivity contribution in [1.29, 1.82) is 0 Å². The number of piperidine rings is 1. The number of nitrogens with zero attached hydrogens (tertiary/aromatic N) is 1. The van der Waals surface area contributed by atoms with E-state index in [0.717, 1.165) is 36.9 Å². The molecule has 3 rings (SSSR count). The van der Waals surface area contributed by atoms with Crippen molar-refractivity contribution < 1.29 is 4.79 Å². The topological polar surface area (TPSA) is 20.3 Å². The van der Waals surface area contributed by atoms with Crippen molar-refractivity contribution in [2.24, 2.45) is 5.92 Å². The molecule has 1 unspecified atom stereocenters. The third kappa shape index (κ3) is 2.70. The molecule has 1 aliphatic rings. The number of hydrogen-bond donors (Lipinski definition) is 0. The molecule has 1 aromatic carbocycles. The van der Waals surface area contributed by atoms with Gasteiger partial charge in [0.1, 0.15) is 0 Å². The molecular weight excluding hydrogens is 290 g/mol. The zero-order valence-electron chi connectivity index (χ0n) is 11.3. The normalized spacial score (nSPS) is 19.4. The van der Waals surface area contributed by atoms with Crippen LogP contribution >= 0.6 is 22.9 Å². The zero-order chi connectivity index (χ0) is 13.9. The number of likely N-dealkylation sites (tertiary alicyclic amines) is 1. The van der Waals surface area contributed by atoms with Crippen LogP contribution in [0.3, 0.4) is 0 Å². The van der Waals surface area contributed by atoms with Crippen molar-refractivity contribution in [3.63, 3.8) is 0 Å². The Morgan fingerprint density at radius 3 is 3.10 bits per heavy atom. The second-order valence-electron chi connectivity index (χ2n) is 5.38. The van der Waals surface area contributed by atoms with Crippen molar-refractivity contribution in [1.82, 2.24) is 4.90 Å². The summed E-state index contributed by atoms with van der Waals surface area (Å²) < 4.78 is 1.19. The number of alkyl halides is 1. The van der Waals surface area contributed by atoms with Crippen LogP contribution in [0.15, 0.2) is 29.6 Å². The van der Waals surface area contributed by atoms with E-state index < -0.39 is 0 Å². The molecule has 1 atom stereocenters.